The Kier molecular flexibility index (Phi) is 17.0. The van der Waals surface area contributed by atoms with Crippen LogP contribution in [0.25, 0.3) is 22.1 Å². The van der Waals surface area contributed by atoms with Crippen molar-refractivity contribution < 1.29 is 38.2 Å². The topological polar surface area (TPSA) is 290 Å². The zero-order valence-electron chi connectivity index (χ0n) is 40.1. The number of fused-ring (bicyclic) bond motifs is 2. The van der Waals surface area contributed by atoms with Crippen LogP contribution in [0, 0.1) is 13.8 Å². The smallest absolute Gasteiger partial charge is 0.276 e. The largest absolute Gasteiger partial charge is 0.494 e. The van der Waals surface area contributed by atoms with Crippen molar-refractivity contribution in [3.63, 3.8) is 0 Å². The predicted molar refractivity (Wildman–Crippen MR) is 262 cm³/mol. The van der Waals surface area contributed by atoms with Gasteiger partial charge in [-0.05, 0) is 70.2 Å². The second-order valence-electron chi connectivity index (χ2n) is 15.6. The van der Waals surface area contributed by atoms with Crippen LogP contribution < -0.4 is 36.9 Å². The SMILES string of the molecule is CCn1nc(C)cc1C(=O)Nc1nc2cc(C(N)=O)cc(OC)c2n1C/C=C/Cn1c(NC(=O)c2cc(C)nn2CC)nc2cc(C(N)=O)cc(OC/C=C/Cn3cc(NCCC=O)cn3)c21.COC. The van der Waals surface area contributed by atoms with Crippen LogP contribution in [0.1, 0.15) is 73.3 Å². The molecule has 0 fully saturated rings. The number of ether oxygens (including phenoxy) is 3. The number of nitrogens with two attached hydrogens (primary N) is 2. The van der Waals surface area contributed by atoms with Gasteiger partial charge in [0.25, 0.3) is 11.8 Å². The van der Waals surface area contributed by atoms with Gasteiger partial charge < -0.3 is 44.9 Å². The summed E-state index contributed by atoms with van der Waals surface area (Å²) in [6.07, 6.45) is 12.0. The van der Waals surface area contributed by atoms with Crippen LogP contribution in [0.15, 0.2) is 73.1 Å². The van der Waals surface area contributed by atoms with Gasteiger partial charge in [0.05, 0.1) is 48.0 Å². The third-order valence-corrected chi connectivity index (χ3v) is 10.5. The highest BCUT2D eigenvalue weighted by Crippen LogP contribution is 2.33. The number of aromatic nitrogens is 10. The number of carbonyl (C=O) groups excluding carboxylic acids is 5. The molecule has 0 aliphatic carbocycles. The van der Waals surface area contributed by atoms with Gasteiger partial charge in [-0.1, -0.05) is 18.2 Å². The van der Waals surface area contributed by atoms with Crippen molar-refractivity contribution >= 4 is 69.6 Å². The number of hydrogen-bond acceptors (Lipinski definition) is 14. The lowest BCUT2D eigenvalue weighted by Gasteiger charge is -2.13. The van der Waals surface area contributed by atoms with E-state index in [1.165, 1.54) is 31.4 Å². The Morgan fingerprint density at radius 3 is 1.69 bits per heavy atom. The number of benzene rings is 2. The standard InChI is InChI=1S/C45H51N15O7.C2H6O/c1-6-59-34(19-27(3)54-59)42(64)52-44-50-32-21-29(40(46)62)23-36(66-5)38(32)57(44)15-8-9-16-58-39-33(51-45(58)53-43(65)35-20-28(4)55-60(35)7-2)22-30(41(47)63)24-37(39)67-18-11-10-14-56-26-31(25-49-56)48-13-12-17-61;1-3-2/h8-11,17,19-26,48H,6-7,12-16,18H2,1-5H3,(H2,46,62)(H2,47,63)(H,50,52,64)(H,51,53,65);1-2H3/b9-8+,11-10+;. The van der Waals surface area contributed by atoms with E-state index in [9.17, 15) is 24.0 Å². The van der Waals surface area contributed by atoms with Crippen molar-refractivity contribution in [1.29, 1.82) is 0 Å². The summed E-state index contributed by atoms with van der Waals surface area (Å²) in [6.45, 7) is 9.53. The fraction of sp³-hybridized carbons (Fsp3) is 0.319. The number of amides is 4. The van der Waals surface area contributed by atoms with E-state index in [1.807, 2.05) is 38.3 Å². The molecule has 0 saturated heterocycles. The maximum Gasteiger partial charge on any atom is 0.276 e. The number of nitrogens with zero attached hydrogens (tertiary/aromatic N) is 10. The summed E-state index contributed by atoms with van der Waals surface area (Å²) in [6, 6.07) is 9.44. The fourth-order valence-corrected chi connectivity index (χ4v) is 7.40. The zero-order valence-corrected chi connectivity index (χ0v) is 40.1. The molecule has 0 atom stereocenters. The first kappa shape index (κ1) is 50.8. The number of aryl methyl sites for hydroxylation is 4. The van der Waals surface area contributed by atoms with Crippen LogP contribution in [0.4, 0.5) is 17.6 Å². The number of imidazole rings is 2. The number of aldehydes is 1. The Hall–Kier alpha value is -8.60. The number of nitrogens with one attached hydrogen (secondary N) is 3. The van der Waals surface area contributed by atoms with Gasteiger partial charge in [0.1, 0.15) is 46.8 Å². The van der Waals surface area contributed by atoms with Gasteiger partial charge in [0.15, 0.2) is 0 Å². The number of rotatable bonds is 22. The summed E-state index contributed by atoms with van der Waals surface area (Å²) in [4.78, 5) is 72.5. The number of hydrogen-bond donors (Lipinski definition) is 5. The van der Waals surface area contributed by atoms with Gasteiger partial charge in [0, 0.05) is 70.7 Å². The molecular formula is C47H57N15O8. The number of allylic oxidation sites excluding steroid dienone is 3. The highest BCUT2D eigenvalue weighted by Gasteiger charge is 2.24. The normalized spacial score (nSPS) is 11.3. The second kappa shape index (κ2) is 23.4. The molecule has 2 aromatic carbocycles. The second-order valence-corrected chi connectivity index (χ2v) is 15.6. The van der Waals surface area contributed by atoms with Gasteiger partial charge in [-0.15, -0.1) is 0 Å². The highest BCUT2D eigenvalue weighted by molar-refractivity contribution is 6.05. The molecular weight excluding hydrogens is 903 g/mol. The third-order valence-electron chi connectivity index (χ3n) is 10.5. The molecule has 0 spiro atoms. The monoisotopic (exact) mass is 959 g/mol. The van der Waals surface area contributed by atoms with Gasteiger partial charge in [-0.2, -0.15) is 15.3 Å². The molecule has 5 aromatic heterocycles. The first-order valence-electron chi connectivity index (χ1n) is 22.2. The minimum absolute atomic E-state index is 0.0841. The number of anilines is 3. The molecule has 23 nitrogen and oxygen atoms in total. The molecule has 0 bridgehead atoms. The van der Waals surface area contributed by atoms with Gasteiger partial charge >= 0.3 is 0 Å². The average Bonchev–Trinajstić information content (AvgIpc) is 4.17. The summed E-state index contributed by atoms with van der Waals surface area (Å²) >= 11 is 0. The zero-order chi connectivity index (χ0) is 50.5. The lowest BCUT2D eigenvalue weighted by Crippen LogP contribution is -2.20. The van der Waals surface area contributed by atoms with Crippen LogP contribution >= 0.6 is 0 Å². The van der Waals surface area contributed by atoms with Gasteiger partial charge in [-0.25, -0.2) is 9.97 Å². The maximum absolute atomic E-state index is 13.9. The van der Waals surface area contributed by atoms with Crippen LogP contribution in [0.5, 0.6) is 11.5 Å². The van der Waals surface area contributed by atoms with E-state index in [0.717, 1.165) is 12.0 Å². The molecule has 0 radical (unpaired) electrons. The van der Waals surface area contributed by atoms with Gasteiger partial charge in [-0.3, -0.25) is 43.9 Å². The quantitative estimate of drug-likeness (QED) is 0.0355. The molecule has 0 aliphatic rings. The Bertz CT molecular complexity index is 3080. The van der Waals surface area contributed by atoms with Crippen molar-refractivity contribution in [3.05, 3.63) is 107 Å². The van der Waals surface area contributed by atoms with E-state index in [1.54, 1.807) is 75.7 Å². The highest BCUT2D eigenvalue weighted by atomic mass is 16.5. The van der Waals surface area contributed by atoms with Crippen LogP contribution in [-0.4, -0.2) is 113 Å². The van der Waals surface area contributed by atoms with E-state index in [-0.39, 0.29) is 48.5 Å². The molecule has 70 heavy (non-hydrogen) atoms. The average molecular weight is 960 g/mol. The molecule has 7 N–H and O–H groups in total. The van der Waals surface area contributed by atoms with Crippen LogP contribution in [0.3, 0.4) is 0 Å². The molecule has 4 amide bonds. The number of carbonyl (C=O) groups is 5. The first-order chi connectivity index (χ1) is 33.7. The first-order valence-corrected chi connectivity index (χ1v) is 22.2. The molecule has 0 aliphatic heterocycles. The van der Waals surface area contributed by atoms with E-state index in [4.69, 9.17) is 30.9 Å². The van der Waals surface area contributed by atoms with Crippen LogP contribution in [-0.2, 0) is 42.3 Å². The van der Waals surface area contributed by atoms with Crippen molar-refractivity contribution in [2.45, 2.75) is 66.8 Å². The van der Waals surface area contributed by atoms with Crippen molar-refractivity contribution in [1.82, 2.24) is 48.4 Å². The van der Waals surface area contributed by atoms with Crippen molar-refractivity contribution in [3.8, 4) is 11.5 Å². The number of primary amides is 2. The summed E-state index contributed by atoms with van der Waals surface area (Å²) in [5.74, 6) is -1.41. The van der Waals surface area contributed by atoms with Crippen molar-refractivity contribution in [2.24, 2.45) is 11.5 Å². The molecule has 0 unspecified atom stereocenters. The summed E-state index contributed by atoms with van der Waals surface area (Å²) in [5.41, 5.74) is 16.1. The minimum atomic E-state index is -0.705. The van der Waals surface area contributed by atoms with E-state index < -0.39 is 23.6 Å². The summed E-state index contributed by atoms with van der Waals surface area (Å²) in [5, 5.41) is 22.1. The van der Waals surface area contributed by atoms with Crippen molar-refractivity contribution in [2.75, 3.05) is 50.4 Å². The Balaban J connectivity index is 0.00000261. The fourth-order valence-electron chi connectivity index (χ4n) is 7.40. The summed E-state index contributed by atoms with van der Waals surface area (Å²) in [7, 11) is 4.70. The number of methoxy groups -OCH3 is 2. The Morgan fingerprint density at radius 2 is 1.20 bits per heavy atom. The third kappa shape index (κ3) is 11.9. The Morgan fingerprint density at radius 1 is 0.700 bits per heavy atom. The van der Waals surface area contributed by atoms with E-state index in [2.05, 4.69) is 36.0 Å². The molecule has 23 heteroatoms. The van der Waals surface area contributed by atoms with Gasteiger partial charge in [0.2, 0.25) is 23.7 Å². The van der Waals surface area contributed by atoms with Crippen LogP contribution in [0.2, 0.25) is 0 Å². The van der Waals surface area contributed by atoms with E-state index >= 15 is 0 Å². The minimum Gasteiger partial charge on any atom is -0.494 e. The maximum atomic E-state index is 13.9. The lowest BCUT2D eigenvalue weighted by atomic mass is 10.1. The molecule has 368 valence electrons. The molecule has 7 aromatic rings. The summed E-state index contributed by atoms with van der Waals surface area (Å²) < 4.78 is 24.6. The predicted octanol–water partition coefficient (Wildman–Crippen LogP) is 4.50. The Labute approximate surface area is 402 Å². The lowest BCUT2D eigenvalue weighted by molar-refractivity contribution is -0.107. The molecule has 5 heterocycles. The molecule has 7 rings (SSSR count). The molecule has 0 saturated carbocycles. The van der Waals surface area contributed by atoms with E-state index in [0.29, 0.717) is 83.2 Å².